The maximum absolute atomic E-state index is 11.7. The van der Waals surface area contributed by atoms with Crippen LogP contribution in [-0.4, -0.2) is 32.7 Å². The summed E-state index contributed by atoms with van der Waals surface area (Å²) in [4.78, 5) is 11.7. The number of carbonyl (C=O) groups is 1. The van der Waals surface area contributed by atoms with Gasteiger partial charge in [0, 0.05) is 6.54 Å². The first-order chi connectivity index (χ1) is 8.36. The zero-order valence-electron chi connectivity index (χ0n) is 11.8. The molecular formula is C12H26N2O3S. The van der Waals surface area contributed by atoms with Crippen LogP contribution in [0.5, 0.6) is 0 Å². The lowest BCUT2D eigenvalue weighted by molar-refractivity contribution is -0.122. The quantitative estimate of drug-likeness (QED) is 0.666. The molecule has 0 radical (unpaired) electrons. The fourth-order valence-electron chi connectivity index (χ4n) is 1.63. The molecule has 0 saturated carbocycles. The van der Waals surface area contributed by atoms with Gasteiger partial charge in [0.05, 0.1) is 11.8 Å². The van der Waals surface area contributed by atoms with Crippen LogP contribution in [0.3, 0.4) is 0 Å². The van der Waals surface area contributed by atoms with E-state index in [1.807, 2.05) is 0 Å². The van der Waals surface area contributed by atoms with E-state index in [1.54, 1.807) is 13.8 Å². The average Bonchev–Trinajstić information content (AvgIpc) is 2.29. The summed E-state index contributed by atoms with van der Waals surface area (Å²) in [5.41, 5.74) is 0. The normalized spacial score (nSPS) is 13.6. The number of hydrogen-bond donors (Lipinski definition) is 2. The Labute approximate surface area is 111 Å². The van der Waals surface area contributed by atoms with Crippen LogP contribution in [0.15, 0.2) is 0 Å². The van der Waals surface area contributed by atoms with Gasteiger partial charge in [0.2, 0.25) is 15.9 Å². The number of rotatable bonds is 9. The van der Waals surface area contributed by atoms with E-state index in [0.29, 0.717) is 18.9 Å². The van der Waals surface area contributed by atoms with E-state index in [1.165, 1.54) is 0 Å². The lowest BCUT2D eigenvalue weighted by atomic mass is 10.0. The van der Waals surface area contributed by atoms with Crippen LogP contribution in [-0.2, 0) is 14.8 Å². The van der Waals surface area contributed by atoms with E-state index in [4.69, 9.17) is 0 Å². The molecule has 0 aromatic rings. The van der Waals surface area contributed by atoms with Crippen molar-refractivity contribution in [1.82, 2.24) is 10.0 Å². The smallest absolute Gasteiger partial charge is 0.237 e. The van der Waals surface area contributed by atoms with E-state index < -0.39 is 16.1 Å². The third kappa shape index (κ3) is 6.96. The molecule has 0 saturated heterocycles. The van der Waals surface area contributed by atoms with Gasteiger partial charge in [0.25, 0.3) is 0 Å². The largest absolute Gasteiger partial charge is 0.354 e. The van der Waals surface area contributed by atoms with E-state index in [0.717, 1.165) is 12.8 Å². The summed E-state index contributed by atoms with van der Waals surface area (Å²) >= 11 is 0. The summed E-state index contributed by atoms with van der Waals surface area (Å²) in [5.74, 6) is 0.243. The van der Waals surface area contributed by atoms with Crippen molar-refractivity contribution < 1.29 is 13.2 Å². The van der Waals surface area contributed by atoms with Gasteiger partial charge in [0.1, 0.15) is 0 Å². The summed E-state index contributed by atoms with van der Waals surface area (Å²) in [6, 6.07) is -0.712. The van der Waals surface area contributed by atoms with Crippen molar-refractivity contribution in [1.29, 1.82) is 0 Å². The third-order valence-electron chi connectivity index (χ3n) is 2.94. The summed E-state index contributed by atoms with van der Waals surface area (Å²) < 4.78 is 25.4. The highest BCUT2D eigenvalue weighted by atomic mass is 32.2. The molecule has 0 aliphatic carbocycles. The van der Waals surface area contributed by atoms with Crippen molar-refractivity contribution in [2.45, 2.75) is 53.0 Å². The highest BCUT2D eigenvalue weighted by molar-refractivity contribution is 7.89. The Morgan fingerprint density at radius 3 is 2.17 bits per heavy atom. The van der Waals surface area contributed by atoms with Crippen LogP contribution in [0, 0.1) is 5.92 Å². The minimum atomic E-state index is -3.34. The summed E-state index contributed by atoms with van der Waals surface area (Å²) in [7, 11) is -3.34. The molecule has 2 N–H and O–H groups in total. The zero-order valence-corrected chi connectivity index (χ0v) is 12.6. The SMILES string of the molecule is CCCS(=O)(=O)NC(C)C(=O)NCC(CC)CC. The molecule has 0 rings (SSSR count). The molecule has 0 aromatic carbocycles. The molecule has 1 amide bonds. The van der Waals surface area contributed by atoms with Gasteiger partial charge >= 0.3 is 0 Å². The predicted molar refractivity (Wildman–Crippen MR) is 73.8 cm³/mol. The van der Waals surface area contributed by atoms with Crippen LogP contribution in [0.1, 0.15) is 47.0 Å². The molecule has 0 heterocycles. The van der Waals surface area contributed by atoms with Gasteiger partial charge in [-0.05, 0) is 19.3 Å². The Kier molecular flexibility index (Phi) is 8.18. The topological polar surface area (TPSA) is 75.3 Å². The molecular weight excluding hydrogens is 252 g/mol. The first-order valence-corrected chi connectivity index (χ1v) is 8.29. The molecule has 0 aromatic heterocycles. The molecule has 0 fully saturated rings. The average molecular weight is 278 g/mol. The number of sulfonamides is 1. The third-order valence-corrected chi connectivity index (χ3v) is 4.60. The lowest BCUT2D eigenvalue weighted by Gasteiger charge is -2.17. The minimum absolute atomic E-state index is 0.0527. The molecule has 5 nitrogen and oxygen atoms in total. The molecule has 1 unspecified atom stereocenters. The molecule has 6 heteroatoms. The second-order valence-electron chi connectivity index (χ2n) is 4.59. The number of carbonyl (C=O) groups excluding carboxylic acids is 1. The van der Waals surface area contributed by atoms with Gasteiger partial charge in [-0.2, -0.15) is 0 Å². The van der Waals surface area contributed by atoms with Gasteiger partial charge in [0.15, 0.2) is 0 Å². The molecule has 0 spiro atoms. The second kappa shape index (κ2) is 8.48. The number of hydrogen-bond acceptors (Lipinski definition) is 3. The van der Waals surface area contributed by atoms with Gasteiger partial charge in [-0.25, -0.2) is 13.1 Å². The first-order valence-electron chi connectivity index (χ1n) is 6.63. The summed E-state index contributed by atoms with van der Waals surface area (Å²) in [6.45, 7) is 8.11. The minimum Gasteiger partial charge on any atom is -0.354 e. The lowest BCUT2D eigenvalue weighted by Crippen LogP contribution is -2.46. The molecule has 0 bridgehead atoms. The van der Waals surface area contributed by atoms with Gasteiger partial charge in [-0.15, -0.1) is 0 Å². The highest BCUT2D eigenvalue weighted by Gasteiger charge is 2.19. The Morgan fingerprint density at radius 1 is 1.17 bits per heavy atom. The van der Waals surface area contributed by atoms with Crippen molar-refractivity contribution in [3.63, 3.8) is 0 Å². The van der Waals surface area contributed by atoms with Gasteiger partial charge < -0.3 is 5.32 Å². The summed E-state index contributed by atoms with van der Waals surface area (Å²) in [5, 5.41) is 2.78. The van der Waals surface area contributed by atoms with Crippen molar-refractivity contribution in [2.24, 2.45) is 5.92 Å². The van der Waals surface area contributed by atoms with Crippen LogP contribution < -0.4 is 10.0 Å². The molecule has 1 atom stereocenters. The Bertz CT molecular complexity index is 337. The predicted octanol–water partition coefficient (Wildman–Crippen LogP) is 1.26. The van der Waals surface area contributed by atoms with E-state index in [2.05, 4.69) is 23.9 Å². The van der Waals surface area contributed by atoms with Crippen molar-refractivity contribution in [3.05, 3.63) is 0 Å². The van der Waals surface area contributed by atoms with Crippen LogP contribution >= 0.6 is 0 Å². The van der Waals surface area contributed by atoms with Crippen molar-refractivity contribution in [2.75, 3.05) is 12.3 Å². The Morgan fingerprint density at radius 2 is 1.72 bits per heavy atom. The van der Waals surface area contributed by atoms with Crippen molar-refractivity contribution >= 4 is 15.9 Å². The van der Waals surface area contributed by atoms with E-state index >= 15 is 0 Å². The monoisotopic (exact) mass is 278 g/mol. The Balaban J connectivity index is 4.19. The van der Waals surface area contributed by atoms with Gasteiger partial charge in [-0.1, -0.05) is 33.6 Å². The van der Waals surface area contributed by atoms with Crippen molar-refractivity contribution in [3.8, 4) is 0 Å². The Hall–Kier alpha value is -0.620. The fraction of sp³-hybridized carbons (Fsp3) is 0.917. The zero-order chi connectivity index (χ0) is 14.2. The number of amides is 1. The molecule has 18 heavy (non-hydrogen) atoms. The molecule has 0 aliphatic heterocycles. The van der Waals surface area contributed by atoms with Crippen LogP contribution in [0.25, 0.3) is 0 Å². The fourth-order valence-corrected chi connectivity index (χ4v) is 2.93. The second-order valence-corrected chi connectivity index (χ2v) is 6.46. The first kappa shape index (κ1) is 17.4. The van der Waals surface area contributed by atoms with Crippen LogP contribution in [0.4, 0.5) is 0 Å². The maximum Gasteiger partial charge on any atom is 0.237 e. The highest BCUT2D eigenvalue weighted by Crippen LogP contribution is 2.05. The van der Waals surface area contributed by atoms with E-state index in [-0.39, 0.29) is 11.7 Å². The standard InChI is InChI=1S/C12H26N2O3S/c1-5-8-18(16,17)14-10(4)12(15)13-9-11(6-2)7-3/h10-11,14H,5-9H2,1-4H3,(H,13,15). The van der Waals surface area contributed by atoms with Crippen LogP contribution in [0.2, 0.25) is 0 Å². The summed E-state index contributed by atoms with van der Waals surface area (Å²) in [6.07, 6.45) is 2.55. The maximum atomic E-state index is 11.7. The van der Waals surface area contributed by atoms with Gasteiger partial charge in [-0.3, -0.25) is 4.79 Å². The number of nitrogens with one attached hydrogen (secondary N) is 2. The van der Waals surface area contributed by atoms with E-state index in [9.17, 15) is 13.2 Å². The molecule has 0 aliphatic rings. The molecule has 108 valence electrons.